The minimum absolute atomic E-state index is 0.0187. The van der Waals surface area contributed by atoms with Crippen LogP contribution in [-0.2, 0) is 16.2 Å². The number of hydrogen-bond donors (Lipinski definition) is 0. The predicted octanol–water partition coefficient (Wildman–Crippen LogP) is 14.7. The van der Waals surface area contributed by atoms with Crippen LogP contribution < -0.4 is 9.64 Å². The first-order valence-electron chi connectivity index (χ1n) is 21.3. The highest BCUT2D eigenvalue weighted by molar-refractivity contribution is 5.88. The van der Waals surface area contributed by atoms with Crippen LogP contribution in [-0.4, -0.2) is 0 Å². The molecule has 4 bridgehead atoms. The summed E-state index contributed by atoms with van der Waals surface area (Å²) in [5.41, 5.74) is 14.4. The Labute approximate surface area is 333 Å². The Bertz CT molecular complexity index is 2430. The average molecular weight is 732 g/mol. The Morgan fingerprint density at radius 3 is 1.79 bits per heavy atom. The SMILES string of the molecule is CC1(C)CCC(C)(C)c2c(N(c3ccc(-c4ccccc4)cc3)c3cc(-c4ccccc4)c4c(c3)C3(c5ccccc5O4)C4CC5CC(C4)CC3C5)cccc21. The van der Waals surface area contributed by atoms with Gasteiger partial charge in [-0.15, -0.1) is 0 Å². The lowest BCUT2D eigenvalue weighted by Gasteiger charge is -2.63. The maximum absolute atomic E-state index is 7.24. The van der Waals surface area contributed by atoms with Crippen LogP contribution in [0.25, 0.3) is 22.3 Å². The van der Waals surface area contributed by atoms with E-state index in [1.165, 1.54) is 100 Å². The molecule has 4 saturated carbocycles. The van der Waals surface area contributed by atoms with Crippen molar-refractivity contribution in [2.24, 2.45) is 23.7 Å². The summed E-state index contributed by atoms with van der Waals surface area (Å²) in [6.07, 6.45) is 9.07. The van der Waals surface area contributed by atoms with Gasteiger partial charge in [-0.2, -0.15) is 0 Å². The number of nitrogens with zero attached hydrogens (tertiary/aromatic N) is 1. The standard InChI is InChI=1S/C54H53NO/c1-52(2)26-27-53(3,4)50-46(52)19-13-20-48(50)55(42-24-22-38(23-25-42)37-14-7-5-8-15-37)43-33-44(39-16-9-6-10-17-39)51-47(34-43)54(45-18-11-12-21-49(45)56-51)40-29-35-28-36(31-40)32-41(54)30-35/h5-25,33-36,40-41H,26-32H2,1-4H3. The van der Waals surface area contributed by atoms with E-state index in [4.69, 9.17) is 4.74 Å². The second-order valence-corrected chi connectivity index (χ2v) is 19.2. The lowest BCUT2D eigenvalue weighted by Crippen LogP contribution is -2.57. The van der Waals surface area contributed by atoms with Crippen molar-refractivity contribution >= 4 is 17.1 Å². The zero-order valence-electron chi connectivity index (χ0n) is 33.4. The monoisotopic (exact) mass is 731 g/mol. The summed E-state index contributed by atoms with van der Waals surface area (Å²) >= 11 is 0. The number of para-hydroxylation sites is 1. The molecule has 0 saturated heterocycles. The van der Waals surface area contributed by atoms with Crippen LogP contribution in [0, 0.1) is 23.7 Å². The van der Waals surface area contributed by atoms with Crippen LogP contribution in [0.4, 0.5) is 17.1 Å². The van der Waals surface area contributed by atoms with Gasteiger partial charge < -0.3 is 9.64 Å². The summed E-state index contributed by atoms with van der Waals surface area (Å²) in [7, 11) is 0. The first kappa shape index (κ1) is 34.2. The molecule has 1 spiro atoms. The molecular formula is C54H53NO. The van der Waals surface area contributed by atoms with E-state index in [2.05, 4.69) is 172 Å². The molecule has 6 aliphatic rings. The van der Waals surface area contributed by atoms with Crippen molar-refractivity contribution in [3.05, 3.63) is 162 Å². The number of fused-ring (bicyclic) bond motifs is 3. The number of ether oxygens (including phenoxy) is 1. The van der Waals surface area contributed by atoms with Crippen molar-refractivity contribution in [1.82, 2.24) is 0 Å². The third-order valence-electron chi connectivity index (χ3n) is 15.1. The first-order valence-corrected chi connectivity index (χ1v) is 21.3. The van der Waals surface area contributed by atoms with Crippen LogP contribution in [0.15, 0.2) is 140 Å². The van der Waals surface area contributed by atoms with Crippen molar-refractivity contribution in [3.63, 3.8) is 0 Å². The van der Waals surface area contributed by atoms with Gasteiger partial charge in [-0.3, -0.25) is 0 Å². The van der Waals surface area contributed by atoms with Gasteiger partial charge in [-0.25, -0.2) is 0 Å². The summed E-state index contributed by atoms with van der Waals surface area (Å²) in [4.78, 5) is 2.62. The summed E-state index contributed by atoms with van der Waals surface area (Å²) < 4.78 is 7.24. The molecule has 0 N–H and O–H groups in total. The Balaban J connectivity index is 1.21. The first-order chi connectivity index (χ1) is 27.2. The predicted molar refractivity (Wildman–Crippen MR) is 232 cm³/mol. The third-order valence-corrected chi connectivity index (χ3v) is 15.1. The molecule has 4 fully saturated rings. The molecular weight excluding hydrogens is 679 g/mol. The molecule has 0 unspecified atom stereocenters. The largest absolute Gasteiger partial charge is 0.456 e. The van der Waals surface area contributed by atoms with Crippen LogP contribution >= 0.6 is 0 Å². The molecule has 6 aromatic carbocycles. The fourth-order valence-electron chi connectivity index (χ4n) is 12.7. The molecule has 0 amide bonds. The number of hydrogen-bond acceptors (Lipinski definition) is 2. The molecule has 0 atom stereocenters. The Morgan fingerprint density at radius 2 is 1.09 bits per heavy atom. The molecule has 56 heavy (non-hydrogen) atoms. The normalized spacial score (nSPS) is 25.9. The highest BCUT2D eigenvalue weighted by Gasteiger charge is 2.61. The minimum Gasteiger partial charge on any atom is -0.456 e. The zero-order chi connectivity index (χ0) is 37.8. The second kappa shape index (κ2) is 12.5. The maximum Gasteiger partial charge on any atom is 0.139 e. The highest BCUT2D eigenvalue weighted by atomic mass is 16.5. The van der Waals surface area contributed by atoms with Crippen molar-refractivity contribution in [1.29, 1.82) is 0 Å². The zero-order valence-corrected chi connectivity index (χ0v) is 33.4. The van der Waals surface area contributed by atoms with E-state index in [0.29, 0.717) is 11.8 Å². The van der Waals surface area contributed by atoms with Crippen LogP contribution in [0.2, 0.25) is 0 Å². The summed E-state index contributed by atoms with van der Waals surface area (Å²) in [6.45, 7) is 9.83. The lowest BCUT2D eigenvalue weighted by atomic mass is 9.41. The molecule has 0 aromatic heterocycles. The summed E-state index contributed by atoms with van der Waals surface area (Å²) in [6, 6.07) is 52.5. The Hall–Kier alpha value is -5.08. The smallest absolute Gasteiger partial charge is 0.139 e. The van der Waals surface area contributed by atoms with Gasteiger partial charge in [0.25, 0.3) is 0 Å². The quantitative estimate of drug-likeness (QED) is 0.175. The Kier molecular flexibility index (Phi) is 7.61. The fourth-order valence-corrected chi connectivity index (χ4v) is 12.7. The molecule has 1 aliphatic heterocycles. The molecule has 280 valence electrons. The van der Waals surface area contributed by atoms with Crippen LogP contribution in [0.1, 0.15) is 94.9 Å². The molecule has 0 radical (unpaired) electrons. The van der Waals surface area contributed by atoms with E-state index in [-0.39, 0.29) is 16.2 Å². The van der Waals surface area contributed by atoms with Crippen LogP contribution in [0.5, 0.6) is 11.5 Å². The summed E-state index contributed by atoms with van der Waals surface area (Å²) in [5.74, 6) is 5.08. The van der Waals surface area contributed by atoms with Crippen molar-refractivity contribution in [2.75, 3.05) is 4.90 Å². The van der Waals surface area contributed by atoms with Gasteiger partial charge >= 0.3 is 0 Å². The van der Waals surface area contributed by atoms with E-state index in [9.17, 15) is 0 Å². The van der Waals surface area contributed by atoms with Gasteiger partial charge in [0.05, 0.1) is 5.69 Å². The average Bonchev–Trinajstić information content (AvgIpc) is 3.22. The van der Waals surface area contributed by atoms with Gasteiger partial charge in [0, 0.05) is 33.5 Å². The Morgan fingerprint density at radius 1 is 0.500 bits per heavy atom. The van der Waals surface area contributed by atoms with Gasteiger partial charge in [0.2, 0.25) is 0 Å². The molecule has 5 aliphatic carbocycles. The second-order valence-electron chi connectivity index (χ2n) is 19.2. The van der Waals surface area contributed by atoms with E-state index in [1.54, 1.807) is 0 Å². The van der Waals surface area contributed by atoms with E-state index < -0.39 is 0 Å². The van der Waals surface area contributed by atoms with Gasteiger partial charge in [-0.1, -0.05) is 131 Å². The van der Waals surface area contributed by atoms with E-state index >= 15 is 0 Å². The van der Waals surface area contributed by atoms with Crippen molar-refractivity contribution in [3.8, 4) is 33.8 Å². The van der Waals surface area contributed by atoms with Gasteiger partial charge in [-0.05, 0) is 144 Å². The minimum atomic E-state index is -0.0721. The van der Waals surface area contributed by atoms with E-state index in [0.717, 1.165) is 29.8 Å². The number of rotatable bonds is 5. The van der Waals surface area contributed by atoms with Gasteiger partial charge in [0.15, 0.2) is 0 Å². The van der Waals surface area contributed by atoms with Crippen molar-refractivity contribution < 1.29 is 4.74 Å². The molecule has 1 heterocycles. The molecule has 2 nitrogen and oxygen atoms in total. The highest BCUT2D eigenvalue weighted by Crippen LogP contribution is 2.70. The topological polar surface area (TPSA) is 12.5 Å². The third kappa shape index (κ3) is 5.07. The number of anilines is 3. The number of benzene rings is 6. The van der Waals surface area contributed by atoms with Crippen LogP contribution in [0.3, 0.4) is 0 Å². The maximum atomic E-state index is 7.24. The molecule has 2 heteroatoms. The van der Waals surface area contributed by atoms with E-state index in [1.807, 2.05) is 0 Å². The lowest BCUT2D eigenvalue weighted by molar-refractivity contribution is -0.0451. The van der Waals surface area contributed by atoms with Crippen molar-refractivity contribution in [2.45, 2.75) is 88.9 Å². The van der Waals surface area contributed by atoms with Gasteiger partial charge in [0.1, 0.15) is 11.5 Å². The molecule has 6 aromatic rings. The molecule has 12 rings (SSSR count). The summed E-state index contributed by atoms with van der Waals surface area (Å²) in [5, 5.41) is 0. The fraction of sp³-hybridized carbons (Fsp3) is 0.333.